The molecule has 0 amide bonds. The van der Waals surface area contributed by atoms with Crippen molar-refractivity contribution in [2.75, 3.05) is 5.32 Å². The average Bonchev–Trinajstić information content (AvgIpc) is 2.41. The molecule has 0 spiro atoms. The molecule has 20 heavy (non-hydrogen) atoms. The Labute approximate surface area is 123 Å². The smallest absolute Gasteiger partial charge is 0.285 e. The first-order valence-electron chi connectivity index (χ1n) is 5.66. The van der Waals surface area contributed by atoms with E-state index in [2.05, 4.69) is 21.2 Å². The minimum absolute atomic E-state index is 0.0462. The van der Waals surface area contributed by atoms with Gasteiger partial charge in [0.15, 0.2) is 11.5 Å². The molecular weight excluding hydrogens is 328 g/mol. The maximum atomic E-state index is 10.8. The van der Waals surface area contributed by atoms with Gasteiger partial charge < -0.3 is 15.5 Å². The fourth-order valence-electron chi connectivity index (χ4n) is 1.68. The summed E-state index contributed by atoms with van der Waals surface area (Å²) in [6, 6.07) is 9.28. The number of nitrogens with one attached hydrogen (secondary N) is 1. The molecule has 0 saturated carbocycles. The van der Waals surface area contributed by atoms with Crippen LogP contribution in [0.25, 0.3) is 0 Å². The minimum Gasteiger partial charge on any atom is -0.504 e. The summed E-state index contributed by atoms with van der Waals surface area (Å²) in [5.74, 6) is -0.405. The molecule has 0 heterocycles. The normalized spacial score (nSPS) is 10.2. The van der Waals surface area contributed by atoms with Gasteiger partial charge in [0.1, 0.15) is 0 Å². The molecule has 2 aromatic carbocycles. The van der Waals surface area contributed by atoms with Gasteiger partial charge in [-0.05, 0) is 34.1 Å². The average molecular weight is 339 g/mol. The van der Waals surface area contributed by atoms with Crippen LogP contribution in [-0.4, -0.2) is 15.1 Å². The SMILES string of the molecule is O=[N+]([O-])c1cc(NCc2cccc(O)c2O)ccc1Br. The minimum atomic E-state index is -0.485. The van der Waals surface area contributed by atoms with Crippen molar-refractivity contribution in [3.63, 3.8) is 0 Å². The summed E-state index contributed by atoms with van der Waals surface area (Å²) >= 11 is 3.11. The van der Waals surface area contributed by atoms with Crippen molar-refractivity contribution in [1.82, 2.24) is 0 Å². The Kier molecular flexibility index (Phi) is 4.09. The van der Waals surface area contributed by atoms with Crippen LogP contribution in [0.2, 0.25) is 0 Å². The predicted octanol–water partition coefficient (Wildman–Crippen LogP) is 3.38. The number of halogens is 1. The van der Waals surface area contributed by atoms with Crippen LogP contribution in [0.1, 0.15) is 5.56 Å². The zero-order valence-electron chi connectivity index (χ0n) is 10.2. The standard InChI is InChI=1S/C13H11BrN2O4/c14-10-5-4-9(6-11(10)16(19)20)15-7-8-2-1-3-12(17)13(8)18/h1-6,15,17-18H,7H2. The molecular formula is C13H11BrN2O4. The lowest BCUT2D eigenvalue weighted by molar-refractivity contribution is -0.385. The van der Waals surface area contributed by atoms with Gasteiger partial charge in [0, 0.05) is 23.9 Å². The second-order valence-electron chi connectivity index (χ2n) is 4.06. The molecule has 7 heteroatoms. The molecule has 0 bridgehead atoms. The van der Waals surface area contributed by atoms with E-state index in [0.717, 1.165) is 0 Å². The lowest BCUT2D eigenvalue weighted by Crippen LogP contribution is -2.00. The van der Waals surface area contributed by atoms with Crippen molar-refractivity contribution >= 4 is 27.3 Å². The first kappa shape index (κ1) is 14.1. The first-order chi connectivity index (χ1) is 9.49. The van der Waals surface area contributed by atoms with Crippen LogP contribution in [-0.2, 0) is 6.54 Å². The van der Waals surface area contributed by atoms with Gasteiger partial charge in [-0.25, -0.2) is 0 Å². The summed E-state index contributed by atoms with van der Waals surface area (Å²) in [5.41, 5.74) is 0.994. The highest BCUT2D eigenvalue weighted by atomic mass is 79.9. The van der Waals surface area contributed by atoms with E-state index in [0.29, 0.717) is 15.7 Å². The Balaban J connectivity index is 2.17. The van der Waals surface area contributed by atoms with E-state index in [9.17, 15) is 20.3 Å². The fraction of sp³-hybridized carbons (Fsp3) is 0.0769. The van der Waals surface area contributed by atoms with Crippen LogP contribution in [0, 0.1) is 10.1 Å². The predicted molar refractivity (Wildman–Crippen MR) is 77.9 cm³/mol. The van der Waals surface area contributed by atoms with Gasteiger partial charge in [0.2, 0.25) is 0 Å². The van der Waals surface area contributed by atoms with Crippen LogP contribution in [0.4, 0.5) is 11.4 Å². The van der Waals surface area contributed by atoms with Gasteiger partial charge >= 0.3 is 0 Å². The van der Waals surface area contributed by atoms with Crippen molar-refractivity contribution in [3.8, 4) is 11.5 Å². The number of phenolic OH excluding ortho intramolecular Hbond substituents is 2. The van der Waals surface area contributed by atoms with E-state index < -0.39 is 4.92 Å². The van der Waals surface area contributed by atoms with Crippen LogP contribution in [0.5, 0.6) is 11.5 Å². The van der Waals surface area contributed by atoms with Crippen LogP contribution in [0.3, 0.4) is 0 Å². The van der Waals surface area contributed by atoms with E-state index in [1.807, 2.05) is 0 Å². The molecule has 0 radical (unpaired) electrons. The fourth-order valence-corrected chi connectivity index (χ4v) is 2.07. The number of nitrogens with zero attached hydrogens (tertiary/aromatic N) is 1. The highest BCUT2D eigenvalue weighted by Gasteiger charge is 2.12. The summed E-state index contributed by atoms with van der Waals surface area (Å²) in [6.07, 6.45) is 0. The second kappa shape index (κ2) is 5.79. The van der Waals surface area contributed by atoms with Crippen molar-refractivity contribution < 1.29 is 15.1 Å². The summed E-state index contributed by atoms with van der Waals surface area (Å²) < 4.78 is 0.397. The second-order valence-corrected chi connectivity index (χ2v) is 4.92. The Bertz CT molecular complexity index is 661. The van der Waals surface area contributed by atoms with Gasteiger partial charge in [-0.2, -0.15) is 0 Å². The molecule has 0 unspecified atom stereocenters. The molecule has 0 aliphatic heterocycles. The van der Waals surface area contributed by atoms with Crippen molar-refractivity contribution in [3.05, 3.63) is 56.5 Å². The number of hydrogen-bond donors (Lipinski definition) is 3. The topological polar surface area (TPSA) is 95.6 Å². The number of anilines is 1. The molecule has 3 N–H and O–H groups in total. The quantitative estimate of drug-likeness (QED) is 0.451. The number of rotatable bonds is 4. The third kappa shape index (κ3) is 3.00. The van der Waals surface area contributed by atoms with Crippen LogP contribution < -0.4 is 5.32 Å². The molecule has 0 saturated heterocycles. The summed E-state index contributed by atoms with van der Waals surface area (Å²) in [6.45, 7) is 0.235. The van der Waals surface area contributed by atoms with Gasteiger partial charge in [0.25, 0.3) is 5.69 Å². The van der Waals surface area contributed by atoms with E-state index in [1.54, 1.807) is 24.3 Å². The molecule has 6 nitrogen and oxygen atoms in total. The monoisotopic (exact) mass is 338 g/mol. The molecule has 0 aromatic heterocycles. The Morgan fingerprint density at radius 3 is 2.70 bits per heavy atom. The number of aromatic hydroxyl groups is 2. The Morgan fingerprint density at radius 1 is 1.25 bits per heavy atom. The summed E-state index contributed by atoms with van der Waals surface area (Å²) in [5, 5.41) is 32.8. The molecule has 2 aromatic rings. The molecule has 0 aliphatic carbocycles. The van der Waals surface area contributed by atoms with Gasteiger partial charge in [0.05, 0.1) is 9.40 Å². The molecule has 0 atom stereocenters. The highest BCUT2D eigenvalue weighted by molar-refractivity contribution is 9.10. The van der Waals surface area contributed by atoms with Crippen molar-refractivity contribution in [2.45, 2.75) is 6.54 Å². The number of hydrogen-bond acceptors (Lipinski definition) is 5. The van der Waals surface area contributed by atoms with E-state index in [1.165, 1.54) is 12.1 Å². The lowest BCUT2D eigenvalue weighted by atomic mass is 10.2. The number of nitro benzene ring substituents is 1. The molecule has 0 fully saturated rings. The maximum Gasteiger partial charge on any atom is 0.285 e. The first-order valence-corrected chi connectivity index (χ1v) is 6.46. The van der Waals surface area contributed by atoms with E-state index in [4.69, 9.17) is 0 Å². The molecule has 0 aliphatic rings. The third-order valence-corrected chi connectivity index (χ3v) is 3.39. The Morgan fingerprint density at radius 2 is 2.00 bits per heavy atom. The van der Waals surface area contributed by atoms with Crippen molar-refractivity contribution in [1.29, 1.82) is 0 Å². The maximum absolute atomic E-state index is 10.8. The van der Waals surface area contributed by atoms with Gasteiger partial charge in [-0.3, -0.25) is 10.1 Å². The lowest BCUT2D eigenvalue weighted by Gasteiger charge is -2.09. The van der Waals surface area contributed by atoms with Crippen molar-refractivity contribution in [2.24, 2.45) is 0 Å². The van der Waals surface area contributed by atoms with Crippen LogP contribution >= 0.6 is 15.9 Å². The molecule has 104 valence electrons. The van der Waals surface area contributed by atoms with E-state index in [-0.39, 0.29) is 23.7 Å². The Hall–Kier alpha value is -2.28. The summed E-state index contributed by atoms with van der Waals surface area (Å²) in [7, 11) is 0. The summed E-state index contributed by atoms with van der Waals surface area (Å²) in [4.78, 5) is 10.3. The zero-order valence-corrected chi connectivity index (χ0v) is 11.8. The molecule has 2 rings (SSSR count). The van der Waals surface area contributed by atoms with Gasteiger partial charge in [-0.1, -0.05) is 12.1 Å². The number of benzene rings is 2. The third-order valence-electron chi connectivity index (χ3n) is 2.72. The number of phenols is 2. The van der Waals surface area contributed by atoms with Gasteiger partial charge in [-0.15, -0.1) is 0 Å². The van der Waals surface area contributed by atoms with E-state index >= 15 is 0 Å². The number of nitro groups is 1. The highest BCUT2D eigenvalue weighted by Crippen LogP contribution is 2.30. The number of para-hydroxylation sites is 1. The zero-order chi connectivity index (χ0) is 14.7. The largest absolute Gasteiger partial charge is 0.504 e. The van der Waals surface area contributed by atoms with Crippen LogP contribution in [0.15, 0.2) is 40.9 Å².